The van der Waals surface area contributed by atoms with Crippen LogP contribution in [0.1, 0.15) is 64.2 Å². The fraction of sp³-hybridized carbons (Fsp3) is 1.00. The Morgan fingerprint density at radius 2 is 1.17 bits per heavy atom. The second-order valence-corrected chi connectivity index (χ2v) is 5.95. The maximum Gasteiger partial charge on any atom is 0.391 e. The average molecular weight is 263 g/mol. The molecule has 0 heterocycles. The topological polar surface area (TPSA) is 12.0 Å². The first kappa shape index (κ1) is 14.2. The largest absolute Gasteiger partial charge is 0.391 e. The number of rotatable bonds is 2. The molecule has 0 amide bonds. The summed E-state index contributed by atoms with van der Waals surface area (Å²) in [5.74, 6) is -1.05. The van der Waals surface area contributed by atoms with Crippen molar-refractivity contribution in [2.45, 2.75) is 82.5 Å². The number of nitrogens with one attached hydrogen (secondary N) is 1. The molecule has 1 N–H and O–H groups in total. The summed E-state index contributed by atoms with van der Waals surface area (Å²) in [6.07, 6.45) is 5.64. The Bertz CT molecular complexity index is 236. The number of hydrogen-bond acceptors (Lipinski definition) is 1. The first-order chi connectivity index (χ1) is 8.55. The van der Waals surface area contributed by atoms with Crippen molar-refractivity contribution in [3.63, 3.8) is 0 Å². The van der Waals surface area contributed by atoms with E-state index in [1.165, 1.54) is 38.5 Å². The van der Waals surface area contributed by atoms with E-state index in [2.05, 4.69) is 5.32 Å². The van der Waals surface area contributed by atoms with E-state index in [1.807, 2.05) is 0 Å². The molecule has 0 aromatic rings. The lowest BCUT2D eigenvalue weighted by Gasteiger charge is -2.32. The van der Waals surface area contributed by atoms with E-state index in [0.29, 0.717) is 37.8 Å². The first-order valence-corrected chi connectivity index (χ1v) is 7.38. The Labute approximate surface area is 108 Å². The Morgan fingerprint density at radius 1 is 0.667 bits per heavy atom. The van der Waals surface area contributed by atoms with Crippen LogP contribution in [0.4, 0.5) is 13.2 Å². The van der Waals surface area contributed by atoms with Crippen molar-refractivity contribution in [2.75, 3.05) is 0 Å². The fourth-order valence-corrected chi connectivity index (χ4v) is 3.37. The molecule has 0 saturated heterocycles. The zero-order valence-corrected chi connectivity index (χ0v) is 10.9. The Morgan fingerprint density at radius 3 is 1.67 bits per heavy atom. The molecular weight excluding hydrogens is 239 g/mol. The standard InChI is InChI=1S/C14H24F3N/c15-14(16,17)11-7-9-13(10-8-11)18-12-5-3-1-2-4-6-12/h11-13,18H,1-10H2. The van der Waals surface area contributed by atoms with Crippen molar-refractivity contribution in [1.29, 1.82) is 0 Å². The molecule has 2 rings (SSSR count). The number of alkyl halides is 3. The molecule has 2 saturated carbocycles. The monoisotopic (exact) mass is 263 g/mol. The van der Waals surface area contributed by atoms with Crippen LogP contribution in [0.15, 0.2) is 0 Å². The van der Waals surface area contributed by atoms with Gasteiger partial charge in [0.15, 0.2) is 0 Å². The van der Waals surface area contributed by atoms with Gasteiger partial charge in [0, 0.05) is 12.1 Å². The second-order valence-electron chi connectivity index (χ2n) is 5.95. The van der Waals surface area contributed by atoms with Crippen molar-refractivity contribution < 1.29 is 13.2 Å². The maximum atomic E-state index is 12.6. The Hall–Kier alpha value is -0.250. The molecular formula is C14H24F3N. The minimum absolute atomic E-state index is 0.313. The lowest BCUT2D eigenvalue weighted by Crippen LogP contribution is -2.42. The number of halogens is 3. The van der Waals surface area contributed by atoms with Crippen LogP contribution in [0.3, 0.4) is 0 Å². The quantitative estimate of drug-likeness (QED) is 0.727. The zero-order valence-electron chi connectivity index (χ0n) is 10.9. The van der Waals surface area contributed by atoms with Crippen molar-refractivity contribution >= 4 is 0 Å². The van der Waals surface area contributed by atoms with Crippen LogP contribution >= 0.6 is 0 Å². The highest BCUT2D eigenvalue weighted by Crippen LogP contribution is 2.37. The van der Waals surface area contributed by atoms with Gasteiger partial charge in [0.05, 0.1) is 5.92 Å². The summed E-state index contributed by atoms with van der Waals surface area (Å²) < 4.78 is 37.7. The van der Waals surface area contributed by atoms with Crippen LogP contribution in [0.25, 0.3) is 0 Å². The fourth-order valence-electron chi connectivity index (χ4n) is 3.37. The molecule has 2 aliphatic carbocycles. The van der Waals surface area contributed by atoms with Crippen molar-refractivity contribution in [3.05, 3.63) is 0 Å². The van der Waals surface area contributed by atoms with Gasteiger partial charge in [-0.15, -0.1) is 0 Å². The molecule has 0 aromatic carbocycles. The van der Waals surface area contributed by atoms with Gasteiger partial charge in [-0.25, -0.2) is 0 Å². The smallest absolute Gasteiger partial charge is 0.311 e. The van der Waals surface area contributed by atoms with Crippen LogP contribution in [-0.4, -0.2) is 18.3 Å². The van der Waals surface area contributed by atoms with Crippen LogP contribution < -0.4 is 5.32 Å². The maximum absolute atomic E-state index is 12.6. The third-order valence-corrected chi connectivity index (χ3v) is 4.52. The van der Waals surface area contributed by atoms with E-state index in [4.69, 9.17) is 0 Å². The van der Waals surface area contributed by atoms with Crippen molar-refractivity contribution in [2.24, 2.45) is 5.92 Å². The van der Waals surface area contributed by atoms with E-state index in [1.54, 1.807) is 0 Å². The molecule has 2 fully saturated rings. The van der Waals surface area contributed by atoms with E-state index >= 15 is 0 Å². The molecule has 0 bridgehead atoms. The Kier molecular flexibility index (Phi) is 4.93. The predicted octanol–water partition coefficient (Wildman–Crippen LogP) is 4.42. The second kappa shape index (κ2) is 6.27. The highest BCUT2D eigenvalue weighted by atomic mass is 19.4. The van der Waals surface area contributed by atoms with Gasteiger partial charge in [-0.05, 0) is 38.5 Å². The molecule has 0 atom stereocenters. The zero-order chi connectivity index (χ0) is 13.0. The van der Waals surface area contributed by atoms with Gasteiger partial charge in [0.2, 0.25) is 0 Å². The van der Waals surface area contributed by atoms with E-state index in [9.17, 15) is 13.2 Å². The third kappa shape index (κ3) is 4.15. The summed E-state index contributed by atoms with van der Waals surface area (Å²) in [5.41, 5.74) is 0. The summed E-state index contributed by atoms with van der Waals surface area (Å²) in [4.78, 5) is 0. The van der Waals surface area contributed by atoms with Crippen LogP contribution in [0.5, 0.6) is 0 Å². The highest BCUT2D eigenvalue weighted by molar-refractivity contribution is 4.83. The molecule has 0 aromatic heterocycles. The third-order valence-electron chi connectivity index (χ3n) is 4.52. The van der Waals surface area contributed by atoms with Crippen LogP contribution in [-0.2, 0) is 0 Å². The summed E-state index contributed by atoms with van der Waals surface area (Å²) in [5, 5.41) is 3.60. The molecule has 1 nitrogen and oxygen atoms in total. The Balaban J connectivity index is 1.72. The first-order valence-electron chi connectivity index (χ1n) is 7.38. The SMILES string of the molecule is FC(F)(F)C1CCC(NC2CCCCCC2)CC1. The summed E-state index contributed by atoms with van der Waals surface area (Å²) in [7, 11) is 0. The highest BCUT2D eigenvalue weighted by Gasteiger charge is 2.41. The predicted molar refractivity (Wildman–Crippen MR) is 66.4 cm³/mol. The summed E-state index contributed by atoms with van der Waals surface area (Å²) in [6, 6.07) is 0.881. The van der Waals surface area contributed by atoms with Crippen LogP contribution in [0, 0.1) is 5.92 Å². The van der Waals surface area contributed by atoms with E-state index in [-0.39, 0.29) is 0 Å². The van der Waals surface area contributed by atoms with Gasteiger partial charge in [0.1, 0.15) is 0 Å². The number of hydrogen-bond donors (Lipinski definition) is 1. The molecule has 0 unspecified atom stereocenters. The normalized spacial score (nSPS) is 32.2. The van der Waals surface area contributed by atoms with Crippen LogP contribution in [0.2, 0.25) is 0 Å². The summed E-state index contributed by atoms with van der Waals surface area (Å²) >= 11 is 0. The van der Waals surface area contributed by atoms with Gasteiger partial charge < -0.3 is 5.32 Å². The molecule has 4 heteroatoms. The molecule has 0 radical (unpaired) electrons. The van der Waals surface area contributed by atoms with E-state index < -0.39 is 12.1 Å². The minimum Gasteiger partial charge on any atom is -0.311 e. The molecule has 0 aliphatic heterocycles. The molecule has 106 valence electrons. The lowest BCUT2D eigenvalue weighted by atomic mass is 9.85. The van der Waals surface area contributed by atoms with Crippen molar-refractivity contribution in [1.82, 2.24) is 5.32 Å². The summed E-state index contributed by atoms with van der Waals surface area (Å²) in [6.45, 7) is 0. The van der Waals surface area contributed by atoms with Gasteiger partial charge in [-0.2, -0.15) is 13.2 Å². The minimum atomic E-state index is -3.98. The average Bonchev–Trinajstić information content (AvgIpc) is 2.57. The van der Waals surface area contributed by atoms with Gasteiger partial charge in [-0.3, -0.25) is 0 Å². The lowest BCUT2D eigenvalue weighted by molar-refractivity contribution is -0.182. The van der Waals surface area contributed by atoms with Gasteiger partial charge in [0.25, 0.3) is 0 Å². The van der Waals surface area contributed by atoms with Gasteiger partial charge >= 0.3 is 6.18 Å². The molecule has 18 heavy (non-hydrogen) atoms. The molecule has 2 aliphatic rings. The molecule has 0 spiro atoms. The van der Waals surface area contributed by atoms with E-state index in [0.717, 1.165) is 0 Å². The van der Waals surface area contributed by atoms with Crippen molar-refractivity contribution in [3.8, 4) is 0 Å². The van der Waals surface area contributed by atoms with Gasteiger partial charge in [-0.1, -0.05) is 25.7 Å².